The summed E-state index contributed by atoms with van der Waals surface area (Å²) in [5.74, 6) is -0.0623. The summed E-state index contributed by atoms with van der Waals surface area (Å²) in [6.07, 6.45) is 1.82. The summed E-state index contributed by atoms with van der Waals surface area (Å²) < 4.78 is 32.8. The molecule has 0 radical (unpaired) electrons. The van der Waals surface area contributed by atoms with E-state index >= 15 is 0 Å². The van der Waals surface area contributed by atoms with Crippen molar-refractivity contribution in [1.82, 2.24) is 9.21 Å². The van der Waals surface area contributed by atoms with Gasteiger partial charge in [0.25, 0.3) is 0 Å². The van der Waals surface area contributed by atoms with Crippen molar-refractivity contribution in [1.29, 1.82) is 5.26 Å². The number of nitrogens with zero attached hydrogens (tertiary/aromatic N) is 3. The van der Waals surface area contributed by atoms with Crippen LogP contribution in [0.2, 0.25) is 0 Å². The number of benzene rings is 2. The molecule has 0 bridgehead atoms. The maximum Gasteiger partial charge on any atom is 0.244 e. The van der Waals surface area contributed by atoms with Crippen molar-refractivity contribution < 1.29 is 17.6 Å². The van der Waals surface area contributed by atoms with E-state index in [-0.39, 0.29) is 35.9 Å². The van der Waals surface area contributed by atoms with Gasteiger partial charge >= 0.3 is 0 Å². The highest BCUT2D eigenvalue weighted by Gasteiger charge is 2.31. The fourth-order valence-corrected chi connectivity index (χ4v) is 5.27. The van der Waals surface area contributed by atoms with Crippen molar-refractivity contribution >= 4 is 26.9 Å². The van der Waals surface area contributed by atoms with E-state index in [9.17, 15) is 18.5 Å². The van der Waals surface area contributed by atoms with Crippen LogP contribution < -0.4 is 0 Å². The van der Waals surface area contributed by atoms with Crippen molar-refractivity contribution in [3.63, 3.8) is 0 Å². The minimum absolute atomic E-state index is 0.00689. The van der Waals surface area contributed by atoms with Crippen LogP contribution in [0.4, 0.5) is 0 Å². The second kappa shape index (κ2) is 7.94. The highest BCUT2D eigenvalue weighted by atomic mass is 32.2. The van der Waals surface area contributed by atoms with Gasteiger partial charge in [0.15, 0.2) is 0 Å². The zero-order valence-corrected chi connectivity index (χ0v) is 17.4. The van der Waals surface area contributed by atoms with Gasteiger partial charge in [-0.2, -0.15) is 9.57 Å². The Balaban J connectivity index is 1.44. The fraction of sp³-hybridized carbons (Fsp3) is 0.273. The molecule has 1 amide bonds. The Morgan fingerprint density at radius 2 is 1.87 bits per heavy atom. The molecule has 0 saturated carbocycles. The number of carbonyl (C=O) groups excluding carboxylic acids is 1. The molecule has 1 aliphatic rings. The van der Waals surface area contributed by atoms with Gasteiger partial charge in [0.05, 0.1) is 23.1 Å². The zero-order valence-electron chi connectivity index (χ0n) is 16.5. The van der Waals surface area contributed by atoms with Crippen molar-refractivity contribution in [3.05, 3.63) is 65.4 Å². The maximum absolute atomic E-state index is 12.9. The summed E-state index contributed by atoms with van der Waals surface area (Å²) in [5.41, 5.74) is 2.79. The van der Waals surface area contributed by atoms with Gasteiger partial charge in [-0.25, -0.2) is 8.42 Å². The number of fused-ring (bicyclic) bond motifs is 1. The molecule has 0 aliphatic carbocycles. The van der Waals surface area contributed by atoms with Gasteiger partial charge in [-0.05, 0) is 30.7 Å². The molecule has 30 heavy (non-hydrogen) atoms. The molecule has 154 valence electrons. The van der Waals surface area contributed by atoms with Gasteiger partial charge < -0.3 is 9.32 Å². The Morgan fingerprint density at radius 1 is 1.13 bits per heavy atom. The second-order valence-electron chi connectivity index (χ2n) is 7.33. The van der Waals surface area contributed by atoms with E-state index in [1.807, 2.05) is 31.2 Å². The number of sulfonamides is 1. The first-order valence-electron chi connectivity index (χ1n) is 9.64. The Hall–Kier alpha value is -3.15. The Morgan fingerprint density at radius 3 is 2.60 bits per heavy atom. The van der Waals surface area contributed by atoms with Crippen molar-refractivity contribution in [2.75, 3.05) is 26.2 Å². The lowest BCUT2D eigenvalue weighted by Gasteiger charge is -2.34. The minimum atomic E-state index is -3.78. The number of hydrogen-bond donors (Lipinski definition) is 0. The smallest absolute Gasteiger partial charge is 0.244 e. The number of aryl methyl sites for hydroxylation is 1. The molecule has 2 aromatic carbocycles. The monoisotopic (exact) mass is 423 g/mol. The van der Waals surface area contributed by atoms with Gasteiger partial charge in [-0.15, -0.1) is 0 Å². The number of piperazine rings is 1. The second-order valence-corrected chi connectivity index (χ2v) is 9.24. The average molecular weight is 423 g/mol. The predicted octanol–water partition coefficient (Wildman–Crippen LogP) is 2.69. The summed E-state index contributed by atoms with van der Waals surface area (Å²) in [6, 6.07) is 14.0. The van der Waals surface area contributed by atoms with Crippen LogP contribution in [0.5, 0.6) is 0 Å². The van der Waals surface area contributed by atoms with Crippen LogP contribution in [0.1, 0.15) is 16.7 Å². The van der Waals surface area contributed by atoms with E-state index < -0.39 is 10.0 Å². The number of furan rings is 1. The number of amides is 1. The van der Waals surface area contributed by atoms with E-state index in [2.05, 4.69) is 0 Å². The lowest BCUT2D eigenvalue weighted by atomic mass is 10.1. The largest absolute Gasteiger partial charge is 0.464 e. The van der Waals surface area contributed by atoms with Crippen molar-refractivity contribution in [2.24, 2.45) is 0 Å². The summed E-state index contributed by atoms with van der Waals surface area (Å²) >= 11 is 0. The predicted molar refractivity (Wildman–Crippen MR) is 111 cm³/mol. The van der Waals surface area contributed by atoms with Gasteiger partial charge in [-0.1, -0.05) is 24.3 Å². The Bertz CT molecular complexity index is 1250. The molecule has 2 heterocycles. The molecule has 3 aromatic rings. The third-order valence-corrected chi connectivity index (χ3v) is 7.33. The molecule has 4 rings (SSSR count). The van der Waals surface area contributed by atoms with E-state index in [0.29, 0.717) is 13.1 Å². The van der Waals surface area contributed by atoms with Crippen LogP contribution in [0.25, 0.3) is 11.0 Å². The molecule has 1 aliphatic heterocycles. The summed E-state index contributed by atoms with van der Waals surface area (Å²) in [5, 5.41) is 10.1. The number of carbonyl (C=O) groups is 1. The Labute approximate surface area is 175 Å². The lowest BCUT2D eigenvalue weighted by Crippen LogP contribution is -2.50. The highest BCUT2D eigenvalue weighted by Crippen LogP contribution is 2.24. The van der Waals surface area contributed by atoms with Gasteiger partial charge in [0.1, 0.15) is 11.7 Å². The molecule has 0 unspecified atom stereocenters. The minimum Gasteiger partial charge on any atom is -0.464 e. The van der Waals surface area contributed by atoms with E-state index in [0.717, 1.165) is 22.1 Å². The molecule has 1 fully saturated rings. The van der Waals surface area contributed by atoms with Crippen LogP contribution in [0.15, 0.2) is 58.0 Å². The van der Waals surface area contributed by atoms with E-state index in [1.165, 1.54) is 16.4 Å². The van der Waals surface area contributed by atoms with E-state index in [4.69, 9.17) is 4.42 Å². The molecular weight excluding hydrogens is 402 g/mol. The number of rotatable bonds is 4. The van der Waals surface area contributed by atoms with Gasteiger partial charge in [0.2, 0.25) is 15.9 Å². The molecule has 0 spiro atoms. The molecule has 7 nitrogen and oxygen atoms in total. The first-order valence-corrected chi connectivity index (χ1v) is 11.1. The Kier molecular flexibility index (Phi) is 5.33. The summed E-state index contributed by atoms with van der Waals surface area (Å²) in [6.45, 7) is 2.98. The van der Waals surface area contributed by atoms with Crippen LogP contribution in [-0.2, 0) is 21.2 Å². The molecule has 8 heteroatoms. The zero-order chi connectivity index (χ0) is 21.3. The molecule has 1 aromatic heterocycles. The van der Waals surface area contributed by atoms with Gasteiger partial charge in [0, 0.05) is 37.1 Å². The summed E-state index contributed by atoms with van der Waals surface area (Å²) in [4.78, 5) is 14.5. The first kappa shape index (κ1) is 20.1. The molecule has 1 saturated heterocycles. The molecule has 0 N–H and O–H groups in total. The lowest BCUT2D eigenvalue weighted by molar-refractivity contribution is -0.131. The third kappa shape index (κ3) is 3.70. The highest BCUT2D eigenvalue weighted by molar-refractivity contribution is 7.89. The SMILES string of the molecule is Cc1ccc2c(CC(=O)N3CCN(S(=O)(=O)c4ccccc4C#N)CC3)coc2c1. The quantitative estimate of drug-likeness (QED) is 0.643. The van der Waals surface area contributed by atoms with Crippen molar-refractivity contribution in [2.45, 2.75) is 18.2 Å². The number of nitriles is 1. The average Bonchev–Trinajstić information content (AvgIpc) is 3.15. The summed E-state index contributed by atoms with van der Waals surface area (Å²) in [7, 11) is -3.78. The normalized spacial score (nSPS) is 15.3. The van der Waals surface area contributed by atoms with Gasteiger partial charge in [-0.3, -0.25) is 4.79 Å². The molecule has 0 atom stereocenters. The topological polar surface area (TPSA) is 94.6 Å². The van der Waals surface area contributed by atoms with E-state index in [1.54, 1.807) is 23.3 Å². The third-order valence-electron chi connectivity index (χ3n) is 5.37. The van der Waals surface area contributed by atoms with Crippen molar-refractivity contribution in [3.8, 4) is 6.07 Å². The number of hydrogen-bond acceptors (Lipinski definition) is 5. The fourth-order valence-electron chi connectivity index (χ4n) is 3.70. The molecular formula is C22H21N3O4S. The maximum atomic E-state index is 12.9. The first-order chi connectivity index (χ1) is 14.4. The van der Waals surface area contributed by atoms with Crippen LogP contribution >= 0.6 is 0 Å². The van der Waals surface area contributed by atoms with Crippen LogP contribution in [-0.4, -0.2) is 49.7 Å². The van der Waals surface area contributed by atoms with Crippen LogP contribution in [0.3, 0.4) is 0 Å². The van der Waals surface area contributed by atoms with Crippen LogP contribution in [0, 0.1) is 18.3 Å². The standard InChI is InChI=1S/C22H21N3O4S/c1-16-6-7-19-18(15-29-20(19)12-16)13-22(26)24-8-10-25(11-9-24)30(27,28)21-5-3-2-4-17(21)14-23/h2-7,12,15H,8-11,13H2,1H3.